The van der Waals surface area contributed by atoms with Gasteiger partial charge in [-0.25, -0.2) is 0 Å². The van der Waals surface area contributed by atoms with Crippen LogP contribution in [0.25, 0.3) is 0 Å². The van der Waals surface area contributed by atoms with Crippen LogP contribution in [-0.4, -0.2) is 35.2 Å². The highest BCUT2D eigenvalue weighted by atomic mass is 32.1. The van der Waals surface area contributed by atoms with Crippen LogP contribution in [0.2, 0.25) is 0 Å². The Bertz CT molecular complexity index is 491. The summed E-state index contributed by atoms with van der Waals surface area (Å²) in [4.78, 5) is 2.53. The van der Waals surface area contributed by atoms with Gasteiger partial charge in [0.15, 0.2) is 5.11 Å². The van der Waals surface area contributed by atoms with Gasteiger partial charge in [-0.1, -0.05) is 17.7 Å². The van der Waals surface area contributed by atoms with E-state index in [1.165, 1.54) is 11.1 Å². The van der Waals surface area contributed by atoms with Gasteiger partial charge >= 0.3 is 0 Å². The number of hydrogen-bond acceptors (Lipinski definition) is 2. The van der Waals surface area contributed by atoms with Crippen LogP contribution >= 0.6 is 12.2 Å². The molecule has 0 unspecified atom stereocenters. The van der Waals surface area contributed by atoms with Crippen molar-refractivity contribution >= 4 is 23.0 Å². The largest absolute Gasteiger partial charge is 0.360 e. The zero-order valence-electron chi connectivity index (χ0n) is 13.6. The van der Waals surface area contributed by atoms with Crippen LogP contribution < -0.4 is 10.6 Å². The minimum atomic E-state index is 0.491. The fourth-order valence-corrected chi connectivity index (χ4v) is 3.13. The second-order valence-corrected chi connectivity index (χ2v) is 6.73. The van der Waals surface area contributed by atoms with E-state index in [-0.39, 0.29) is 0 Å². The topological polar surface area (TPSA) is 27.3 Å². The van der Waals surface area contributed by atoms with Gasteiger partial charge < -0.3 is 15.5 Å². The molecule has 0 atom stereocenters. The monoisotopic (exact) mass is 305 g/mol. The highest BCUT2D eigenvalue weighted by Gasteiger charge is 2.21. The summed E-state index contributed by atoms with van der Waals surface area (Å²) in [5.74, 6) is 0. The predicted molar refractivity (Wildman–Crippen MR) is 95.0 cm³/mol. The SMILES string of the molecule is Cc1ccc(NC(=S)NC2CCN(C(C)C)CC2)c(C)c1. The van der Waals surface area contributed by atoms with E-state index < -0.39 is 0 Å². The van der Waals surface area contributed by atoms with Gasteiger partial charge in [-0.15, -0.1) is 0 Å². The number of nitrogens with one attached hydrogen (secondary N) is 2. The molecule has 1 heterocycles. The molecule has 0 radical (unpaired) electrons. The Morgan fingerprint density at radius 2 is 1.90 bits per heavy atom. The fraction of sp³-hybridized carbons (Fsp3) is 0.588. The first kappa shape index (κ1) is 16.2. The molecule has 0 aromatic heterocycles. The van der Waals surface area contributed by atoms with Gasteiger partial charge in [-0.3, -0.25) is 0 Å². The Labute approximate surface area is 134 Å². The van der Waals surface area contributed by atoms with Crippen molar-refractivity contribution in [2.75, 3.05) is 18.4 Å². The number of hydrogen-bond donors (Lipinski definition) is 2. The van der Waals surface area contributed by atoms with E-state index in [9.17, 15) is 0 Å². The standard InChI is InChI=1S/C17H27N3S/c1-12(2)20-9-7-15(8-10-20)18-17(21)19-16-6-5-13(3)11-14(16)4/h5-6,11-12,15H,7-10H2,1-4H3,(H2,18,19,21). The maximum absolute atomic E-state index is 5.45. The molecule has 0 aliphatic carbocycles. The molecule has 0 amide bonds. The molecule has 3 nitrogen and oxygen atoms in total. The Balaban J connectivity index is 1.83. The molecular formula is C17H27N3S. The van der Waals surface area contributed by atoms with Gasteiger partial charge in [0.2, 0.25) is 0 Å². The Kier molecular flexibility index (Phi) is 5.59. The maximum Gasteiger partial charge on any atom is 0.171 e. The number of thiocarbonyl (C=S) groups is 1. The molecule has 1 aliphatic heterocycles. The third-order valence-electron chi connectivity index (χ3n) is 4.23. The first-order valence-electron chi connectivity index (χ1n) is 7.84. The maximum atomic E-state index is 5.45. The fourth-order valence-electron chi connectivity index (χ4n) is 2.86. The lowest BCUT2D eigenvalue weighted by Crippen LogP contribution is -2.47. The number of likely N-dealkylation sites (tertiary alicyclic amines) is 1. The van der Waals surface area contributed by atoms with E-state index in [0.717, 1.165) is 36.7 Å². The number of piperidine rings is 1. The van der Waals surface area contributed by atoms with Crippen LogP contribution in [0.1, 0.15) is 37.8 Å². The van der Waals surface area contributed by atoms with E-state index in [0.29, 0.717) is 12.1 Å². The van der Waals surface area contributed by atoms with Gasteiger partial charge in [0, 0.05) is 30.9 Å². The van der Waals surface area contributed by atoms with Crippen molar-refractivity contribution < 1.29 is 0 Å². The molecule has 2 rings (SSSR count). The molecule has 0 bridgehead atoms. The third kappa shape index (κ3) is 4.68. The smallest absolute Gasteiger partial charge is 0.171 e. The number of nitrogens with zero attached hydrogens (tertiary/aromatic N) is 1. The molecule has 2 N–H and O–H groups in total. The average Bonchev–Trinajstić information content (AvgIpc) is 2.42. The molecule has 0 spiro atoms. The van der Waals surface area contributed by atoms with Crippen molar-refractivity contribution in [3.05, 3.63) is 29.3 Å². The molecule has 21 heavy (non-hydrogen) atoms. The predicted octanol–water partition coefficient (Wildman–Crippen LogP) is 3.46. The molecule has 1 aliphatic rings. The minimum Gasteiger partial charge on any atom is -0.360 e. The van der Waals surface area contributed by atoms with Gasteiger partial charge in [0.05, 0.1) is 0 Å². The van der Waals surface area contributed by atoms with Crippen LogP contribution in [0.4, 0.5) is 5.69 Å². The second kappa shape index (κ2) is 7.23. The zero-order valence-corrected chi connectivity index (χ0v) is 14.4. The molecule has 116 valence electrons. The van der Waals surface area contributed by atoms with E-state index in [4.69, 9.17) is 12.2 Å². The van der Waals surface area contributed by atoms with Gasteiger partial charge in [0.1, 0.15) is 0 Å². The summed E-state index contributed by atoms with van der Waals surface area (Å²) >= 11 is 5.45. The van der Waals surface area contributed by atoms with E-state index >= 15 is 0 Å². The summed E-state index contributed by atoms with van der Waals surface area (Å²) < 4.78 is 0. The van der Waals surface area contributed by atoms with Crippen molar-refractivity contribution in [2.45, 2.75) is 52.6 Å². The Hall–Kier alpha value is -1.13. The van der Waals surface area contributed by atoms with Crippen molar-refractivity contribution in [1.82, 2.24) is 10.2 Å². The summed E-state index contributed by atoms with van der Waals surface area (Å²) in [5, 5.41) is 7.53. The summed E-state index contributed by atoms with van der Waals surface area (Å²) in [6, 6.07) is 7.52. The molecular weight excluding hydrogens is 278 g/mol. The Morgan fingerprint density at radius 1 is 1.24 bits per heavy atom. The van der Waals surface area contributed by atoms with E-state index in [1.54, 1.807) is 0 Å². The average molecular weight is 305 g/mol. The highest BCUT2D eigenvalue weighted by molar-refractivity contribution is 7.80. The normalized spacial score (nSPS) is 17.0. The second-order valence-electron chi connectivity index (χ2n) is 6.32. The van der Waals surface area contributed by atoms with Crippen LogP contribution in [-0.2, 0) is 0 Å². The molecule has 1 aromatic carbocycles. The number of rotatable bonds is 3. The molecule has 1 saturated heterocycles. The number of benzene rings is 1. The number of anilines is 1. The van der Waals surface area contributed by atoms with E-state index in [1.807, 2.05) is 0 Å². The van der Waals surface area contributed by atoms with Crippen molar-refractivity contribution in [3.8, 4) is 0 Å². The first-order valence-corrected chi connectivity index (χ1v) is 8.25. The van der Waals surface area contributed by atoms with Crippen molar-refractivity contribution in [3.63, 3.8) is 0 Å². The lowest BCUT2D eigenvalue weighted by molar-refractivity contribution is 0.168. The third-order valence-corrected chi connectivity index (χ3v) is 4.45. The Morgan fingerprint density at radius 3 is 2.48 bits per heavy atom. The summed E-state index contributed by atoms with van der Waals surface area (Å²) in [7, 11) is 0. The lowest BCUT2D eigenvalue weighted by atomic mass is 10.0. The summed E-state index contributed by atoms with van der Waals surface area (Å²) in [5.41, 5.74) is 3.60. The van der Waals surface area contributed by atoms with Crippen molar-refractivity contribution in [2.24, 2.45) is 0 Å². The first-order chi connectivity index (χ1) is 9.95. The van der Waals surface area contributed by atoms with Gasteiger partial charge in [0.25, 0.3) is 0 Å². The van der Waals surface area contributed by atoms with Crippen LogP contribution in [0.3, 0.4) is 0 Å². The van der Waals surface area contributed by atoms with Crippen molar-refractivity contribution in [1.29, 1.82) is 0 Å². The molecule has 1 fully saturated rings. The lowest BCUT2D eigenvalue weighted by Gasteiger charge is -2.35. The summed E-state index contributed by atoms with van der Waals surface area (Å²) in [6.45, 7) is 11.1. The molecule has 0 saturated carbocycles. The molecule has 1 aromatic rings. The van der Waals surface area contributed by atoms with Crippen LogP contribution in [0.5, 0.6) is 0 Å². The number of aryl methyl sites for hydroxylation is 2. The van der Waals surface area contributed by atoms with E-state index in [2.05, 4.69) is 61.4 Å². The van der Waals surface area contributed by atoms with Gasteiger partial charge in [-0.2, -0.15) is 0 Å². The molecule has 4 heteroatoms. The van der Waals surface area contributed by atoms with Crippen LogP contribution in [0.15, 0.2) is 18.2 Å². The summed E-state index contributed by atoms with van der Waals surface area (Å²) in [6.07, 6.45) is 2.32. The minimum absolute atomic E-state index is 0.491. The van der Waals surface area contributed by atoms with Gasteiger partial charge in [-0.05, 0) is 64.4 Å². The highest BCUT2D eigenvalue weighted by Crippen LogP contribution is 2.17. The zero-order chi connectivity index (χ0) is 15.4. The van der Waals surface area contributed by atoms with Crippen LogP contribution in [0, 0.1) is 13.8 Å². The quantitative estimate of drug-likeness (QED) is 0.836.